The van der Waals surface area contributed by atoms with Crippen LogP contribution in [0, 0.1) is 0 Å². The van der Waals surface area contributed by atoms with Gasteiger partial charge >= 0.3 is 6.18 Å². The quantitative estimate of drug-likeness (QED) is 0.442. The van der Waals surface area contributed by atoms with E-state index in [4.69, 9.17) is 0 Å². The van der Waals surface area contributed by atoms with Crippen molar-refractivity contribution in [1.82, 2.24) is 0 Å². The van der Waals surface area contributed by atoms with Gasteiger partial charge in [-0.3, -0.25) is 4.79 Å². The highest BCUT2D eigenvalue weighted by atomic mass is 19.4. The third-order valence-corrected chi connectivity index (χ3v) is 3.71. The summed E-state index contributed by atoms with van der Waals surface area (Å²) in [4.78, 5) is 12.2. The maximum absolute atomic E-state index is 12.7. The third kappa shape index (κ3) is 3.38. The van der Waals surface area contributed by atoms with Crippen molar-refractivity contribution in [2.75, 3.05) is 0 Å². The molecule has 0 spiro atoms. The first-order valence-electron chi connectivity index (χ1n) is 7.32. The first kappa shape index (κ1) is 16.0. The number of rotatable bonds is 3. The van der Waals surface area contributed by atoms with Gasteiger partial charge in [-0.2, -0.15) is 13.2 Å². The SMILES string of the molecule is O=C(C=Cc1cccc2ccccc12)c1cccc(C(F)(F)F)c1. The number of fused-ring (bicyclic) bond motifs is 1. The van der Waals surface area contributed by atoms with Crippen molar-refractivity contribution in [2.24, 2.45) is 0 Å². The van der Waals surface area contributed by atoms with E-state index in [-0.39, 0.29) is 5.56 Å². The minimum absolute atomic E-state index is 0.0151. The summed E-state index contributed by atoms with van der Waals surface area (Å²) in [6.07, 6.45) is -1.53. The molecule has 1 nitrogen and oxygen atoms in total. The van der Waals surface area contributed by atoms with Crippen LogP contribution in [-0.4, -0.2) is 5.78 Å². The van der Waals surface area contributed by atoms with Crippen molar-refractivity contribution < 1.29 is 18.0 Å². The molecule has 3 aromatic rings. The van der Waals surface area contributed by atoms with Gasteiger partial charge in [0.05, 0.1) is 5.56 Å². The van der Waals surface area contributed by atoms with Crippen molar-refractivity contribution in [1.29, 1.82) is 0 Å². The average Bonchev–Trinajstić information content (AvgIpc) is 2.59. The van der Waals surface area contributed by atoms with E-state index in [9.17, 15) is 18.0 Å². The number of hydrogen-bond donors (Lipinski definition) is 0. The summed E-state index contributed by atoms with van der Waals surface area (Å²) >= 11 is 0. The van der Waals surface area contributed by atoms with Gasteiger partial charge in [0.2, 0.25) is 0 Å². The highest BCUT2D eigenvalue weighted by Gasteiger charge is 2.30. The first-order chi connectivity index (χ1) is 11.4. The average molecular weight is 326 g/mol. The van der Waals surface area contributed by atoms with Crippen molar-refractivity contribution >= 4 is 22.6 Å². The van der Waals surface area contributed by atoms with Crippen LogP contribution in [0.3, 0.4) is 0 Å². The lowest BCUT2D eigenvalue weighted by Crippen LogP contribution is -2.06. The topological polar surface area (TPSA) is 17.1 Å². The molecule has 0 aliphatic heterocycles. The van der Waals surface area contributed by atoms with Crippen molar-refractivity contribution in [2.45, 2.75) is 6.18 Å². The molecule has 0 heterocycles. The lowest BCUT2D eigenvalue weighted by Gasteiger charge is -2.07. The zero-order valence-corrected chi connectivity index (χ0v) is 12.5. The molecule has 0 saturated heterocycles. The van der Waals surface area contributed by atoms with Gasteiger partial charge in [0.15, 0.2) is 5.78 Å². The molecule has 0 saturated carbocycles. The van der Waals surface area contributed by atoms with Crippen LogP contribution in [0.1, 0.15) is 21.5 Å². The Bertz CT molecular complexity index is 918. The van der Waals surface area contributed by atoms with Gasteiger partial charge in [-0.25, -0.2) is 0 Å². The van der Waals surface area contributed by atoms with Crippen LogP contribution >= 0.6 is 0 Å². The van der Waals surface area contributed by atoms with Gasteiger partial charge in [0.1, 0.15) is 0 Å². The molecule has 3 aromatic carbocycles. The Morgan fingerprint density at radius 1 is 0.875 bits per heavy atom. The molecule has 0 bridgehead atoms. The Balaban J connectivity index is 1.90. The second-order valence-corrected chi connectivity index (χ2v) is 5.34. The van der Waals surface area contributed by atoms with Crippen molar-refractivity contribution in [3.8, 4) is 0 Å². The number of halogens is 3. The lowest BCUT2D eigenvalue weighted by atomic mass is 10.0. The molecule has 0 amide bonds. The monoisotopic (exact) mass is 326 g/mol. The van der Waals surface area contributed by atoms with Crippen LogP contribution in [0.25, 0.3) is 16.8 Å². The van der Waals surface area contributed by atoms with Gasteiger partial charge in [-0.1, -0.05) is 60.7 Å². The molecule has 0 aliphatic rings. The fourth-order valence-electron chi connectivity index (χ4n) is 2.51. The normalized spacial score (nSPS) is 12.0. The lowest BCUT2D eigenvalue weighted by molar-refractivity contribution is -0.137. The predicted octanol–water partition coefficient (Wildman–Crippen LogP) is 5.75. The summed E-state index contributed by atoms with van der Waals surface area (Å²) < 4.78 is 38.2. The van der Waals surface area contributed by atoms with Crippen LogP contribution in [0.2, 0.25) is 0 Å². The molecule has 3 rings (SSSR count). The smallest absolute Gasteiger partial charge is 0.289 e. The number of allylic oxidation sites excluding steroid dienone is 1. The number of carbonyl (C=O) groups excluding carboxylic acids is 1. The molecule has 4 heteroatoms. The van der Waals surface area contributed by atoms with Crippen LogP contribution in [0.4, 0.5) is 13.2 Å². The van der Waals surface area contributed by atoms with Gasteiger partial charge in [-0.05, 0) is 34.5 Å². The second-order valence-electron chi connectivity index (χ2n) is 5.34. The molecule has 0 aliphatic carbocycles. The van der Waals surface area contributed by atoms with E-state index >= 15 is 0 Å². The van der Waals surface area contributed by atoms with Crippen LogP contribution in [0.15, 0.2) is 72.8 Å². The van der Waals surface area contributed by atoms with E-state index in [2.05, 4.69) is 0 Å². The van der Waals surface area contributed by atoms with Gasteiger partial charge in [0.25, 0.3) is 0 Å². The van der Waals surface area contributed by atoms with Gasteiger partial charge < -0.3 is 0 Å². The van der Waals surface area contributed by atoms with Crippen LogP contribution < -0.4 is 0 Å². The highest BCUT2D eigenvalue weighted by Crippen LogP contribution is 2.29. The predicted molar refractivity (Wildman–Crippen MR) is 88.8 cm³/mol. The molecule has 0 N–H and O–H groups in total. The summed E-state index contributed by atoms with van der Waals surface area (Å²) in [6.45, 7) is 0. The molecule has 24 heavy (non-hydrogen) atoms. The standard InChI is InChI=1S/C20H13F3O/c21-20(22,23)17-9-4-8-16(13-17)19(24)12-11-15-7-3-6-14-5-1-2-10-18(14)15/h1-13H. The molecule has 0 fully saturated rings. The first-order valence-corrected chi connectivity index (χ1v) is 7.32. The summed E-state index contributed by atoms with van der Waals surface area (Å²) in [7, 11) is 0. The Morgan fingerprint density at radius 2 is 1.58 bits per heavy atom. The fraction of sp³-hybridized carbons (Fsp3) is 0.0500. The van der Waals surface area contributed by atoms with Crippen LogP contribution in [0.5, 0.6) is 0 Å². The van der Waals surface area contributed by atoms with E-state index in [0.717, 1.165) is 28.5 Å². The second kappa shape index (κ2) is 6.32. The summed E-state index contributed by atoms with van der Waals surface area (Å²) in [5.41, 5.74) is 0.0293. The molecule has 120 valence electrons. The maximum Gasteiger partial charge on any atom is 0.416 e. The largest absolute Gasteiger partial charge is 0.416 e. The van der Waals surface area contributed by atoms with E-state index in [0.29, 0.717) is 0 Å². The minimum Gasteiger partial charge on any atom is -0.289 e. The third-order valence-electron chi connectivity index (χ3n) is 3.71. The van der Waals surface area contributed by atoms with E-state index in [1.165, 1.54) is 18.2 Å². The van der Waals surface area contributed by atoms with E-state index in [1.807, 2.05) is 42.5 Å². The van der Waals surface area contributed by atoms with Crippen LogP contribution in [-0.2, 0) is 6.18 Å². The molecule has 0 radical (unpaired) electrons. The molecule has 0 aromatic heterocycles. The zero-order valence-electron chi connectivity index (χ0n) is 12.5. The number of hydrogen-bond acceptors (Lipinski definition) is 1. The Morgan fingerprint density at radius 3 is 2.38 bits per heavy atom. The maximum atomic E-state index is 12.7. The minimum atomic E-state index is -4.46. The van der Waals surface area contributed by atoms with Crippen molar-refractivity contribution in [3.05, 3.63) is 89.5 Å². The molecule has 0 unspecified atom stereocenters. The van der Waals surface area contributed by atoms with E-state index < -0.39 is 17.5 Å². The zero-order chi connectivity index (χ0) is 17.2. The number of carbonyl (C=O) groups is 1. The Kier molecular flexibility index (Phi) is 4.21. The highest BCUT2D eigenvalue weighted by molar-refractivity contribution is 6.08. The van der Waals surface area contributed by atoms with E-state index in [1.54, 1.807) is 6.08 Å². The number of benzene rings is 3. The molecular formula is C20H13F3O. The summed E-state index contributed by atoms with van der Waals surface area (Å²) in [6, 6.07) is 17.8. The van der Waals surface area contributed by atoms with Gasteiger partial charge in [0, 0.05) is 5.56 Å². The Labute approximate surface area is 137 Å². The summed E-state index contributed by atoms with van der Waals surface area (Å²) in [5.74, 6) is -0.464. The van der Waals surface area contributed by atoms with Crippen molar-refractivity contribution in [3.63, 3.8) is 0 Å². The number of alkyl halides is 3. The molecule has 0 atom stereocenters. The fourth-order valence-corrected chi connectivity index (χ4v) is 2.51. The molecular weight excluding hydrogens is 313 g/mol. The Hall–Kier alpha value is -2.88. The van der Waals surface area contributed by atoms with Gasteiger partial charge in [-0.15, -0.1) is 0 Å². The number of ketones is 1. The summed E-state index contributed by atoms with van der Waals surface area (Å²) in [5, 5.41) is 2.01.